The number of piperidine rings is 1. The Balaban J connectivity index is 1.51. The number of nitrogens with zero attached hydrogens (tertiary/aromatic N) is 4. The third kappa shape index (κ3) is 4.62. The number of pyridine rings is 1. The maximum Gasteiger partial charge on any atom is 0.325 e. The summed E-state index contributed by atoms with van der Waals surface area (Å²) in [6.07, 6.45) is 4.31. The summed E-state index contributed by atoms with van der Waals surface area (Å²) in [5.41, 5.74) is 0.0201. The molecule has 4 amide bonds. The Bertz CT molecular complexity index is 1010. The van der Waals surface area contributed by atoms with E-state index in [0.29, 0.717) is 55.4 Å². The Labute approximate surface area is 193 Å². The molecule has 2 saturated heterocycles. The van der Waals surface area contributed by atoms with Gasteiger partial charge in [0.25, 0.3) is 11.8 Å². The van der Waals surface area contributed by atoms with E-state index in [1.165, 1.54) is 4.90 Å². The SMILES string of the molecule is Cc1cc(C(=O)N2CCC([C@]3(CCC(C)C)NC(=O)N(Cc4ccccn4)C3=O)CC2)no1. The average Bonchev–Trinajstić information content (AvgIpc) is 3.35. The molecule has 0 spiro atoms. The van der Waals surface area contributed by atoms with Crippen molar-refractivity contribution in [3.8, 4) is 0 Å². The van der Waals surface area contributed by atoms with E-state index >= 15 is 0 Å². The van der Waals surface area contributed by atoms with Crippen molar-refractivity contribution in [1.82, 2.24) is 25.3 Å². The summed E-state index contributed by atoms with van der Waals surface area (Å²) in [5, 5.41) is 6.90. The molecule has 0 unspecified atom stereocenters. The van der Waals surface area contributed by atoms with Crippen LogP contribution in [0.25, 0.3) is 0 Å². The predicted octanol–water partition coefficient (Wildman–Crippen LogP) is 3.16. The quantitative estimate of drug-likeness (QED) is 0.645. The zero-order valence-corrected chi connectivity index (χ0v) is 19.4. The standard InChI is InChI=1S/C24H31N5O4/c1-16(2)7-10-24(22(31)29(23(32)26-24)15-19-6-4-5-11-25-19)18-8-12-28(13-9-18)21(30)20-14-17(3)33-27-20/h4-6,11,14,16,18H,7-10,12-13,15H2,1-3H3,(H,26,32)/t24-/m0/s1. The minimum absolute atomic E-state index is 0.0514. The van der Waals surface area contributed by atoms with Gasteiger partial charge in [-0.25, -0.2) is 4.79 Å². The van der Waals surface area contributed by atoms with Crippen LogP contribution in [0.5, 0.6) is 0 Å². The van der Waals surface area contributed by atoms with Crippen LogP contribution < -0.4 is 5.32 Å². The van der Waals surface area contributed by atoms with Crippen LogP contribution in [0.2, 0.25) is 0 Å². The molecule has 0 aliphatic carbocycles. The van der Waals surface area contributed by atoms with Crippen LogP contribution in [0, 0.1) is 18.8 Å². The molecule has 2 aromatic rings. The van der Waals surface area contributed by atoms with Crippen molar-refractivity contribution >= 4 is 17.8 Å². The monoisotopic (exact) mass is 453 g/mol. The van der Waals surface area contributed by atoms with E-state index < -0.39 is 5.54 Å². The summed E-state index contributed by atoms with van der Waals surface area (Å²) in [7, 11) is 0. The highest BCUT2D eigenvalue weighted by Crippen LogP contribution is 2.38. The zero-order chi connectivity index (χ0) is 23.6. The van der Waals surface area contributed by atoms with Crippen molar-refractivity contribution < 1.29 is 18.9 Å². The Morgan fingerprint density at radius 1 is 1.27 bits per heavy atom. The van der Waals surface area contributed by atoms with Gasteiger partial charge in [-0.2, -0.15) is 0 Å². The Morgan fingerprint density at radius 2 is 2.03 bits per heavy atom. The van der Waals surface area contributed by atoms with Crippen LogP contribution >= 0.6 is 0 Å². The highest BCUT2D eigenvalue weighted by molar-refractivity contribution is 6.07. The number of nitrogens with one attached hydrogen (secondary N) is 1. The van der Waals surface area contributed by atoms with Crippen molar-refractivity contribution in [3.05, 3.63) is 47.6 Å². The summed E-state index contributed by atoms with van der Waals surface area (Å²) in [4.78, 5) is 46.7. The molecule has 4 heterocycles. The first-order valence-corrected chi connectivity index (χ1v) is 11.6. The molecule has 9 heteroatoms. The molecule has 2 aliphatic heterocycles. The lowest BCUT2D eigenvalue weighted by molar-refractivity contribution is -0.134. The summed E-state index contributed by atoms with van der Waals surface area (Å²) < 4.78 is 5.04. The van der Waals surface area contributed by atoms with Crippen molar-refractivity contribution in [1.29, 1.82) is 0 Å². The van der Waals surface area contributed by atoms with Gasteiger partial charge < -0.3 is 14.7 Å². The van der Waals surface area contributed by atoms with Crippen molar-refractivity contribution in [2.24, 2.45) is 11.8 Å². The minimum Gasteiger partial charge on any atom is -0.361 e. The van der Waals surface area contributed by atoms with E-state index in [1.807, 2.05) is 12.1 Å². The third-order valence-corrected chi connectivity index (χ3v) is 6.69. The largest absolute Gasteiger partial charge is 0.361 e. The number of imide groups is 1. The number of hydrogen-bond acceptors (Lipinski definition) is 6. The van der Waals surface area contributed by atoms with Gasteiger partial charge in [-0.1, -0.05) is 25.1 Å². The maximum atomic E-state index is 13.7. The number of amides is 4. The number of aryl methyl sites for hydroxylation is 1. The topological polar surface area (TPSA) is 109 Å². The Morgan fingerprint density at radius 3 is 2.64 bits per heavy atom. The molecule has 4 rings (SSSR count). The summed E-state index contributed by atoms with van der Waals surface area (Å²) in [6.45, 7) is 7.13. The predicted molar refractivity (Wildman–Crippen MR) is 120 cm³/mol. The van der Waals surface area contributed by atoms with Crippen LogP contribution in [-0.4, -0.2) is 56.4 Å². The lowest BCUT2D eigenvalue weighted by Gasteiger charge is -2.41. The van der Waals surface area contributed by atoms with Gasteiger partial charge in [0.15, 0.2) is 5.69 Å². The van der Waals surface area contributed by atoms with E-state index in [1.54, 1.807) is 30.2 Å². The minimum atomic E-state index is -0.949. The van der Waals surface area contributed by atoms with Gasteiger partial charge in [0.05, 0.1) is 12.2 Å². The molecule has 33 heavy (non-hydrogen) atoms. The first-order chi connectivity index (χ1) is 15.8. The number of urea groups is 1. The number of likely N-dealkylation sites (tertiary alicyclic amines) is 1. The first kappa shape index (κ1) is 22.9. The van der Waals surface area contributed by atoms with E-state index in [0.717, 1.165) is 6.42 Å². The van der Waals surface area contributed by atoms with Crippen molar-refractivity contribution in [2.75, 3.05) is 13.1 Å². The molecular formula is C24H31N5O4. The van der Waals surface area contributed by atoms with E-state index in [2.05, 4.69) is 29.3 Å². The van der Waals surface area contributed by atoms with Gasteiger partial charge in [-0.05, 0) is 56.6 Å². The molecular weight excluding hydrogens is 422 g/mol. The summed E-state index contributed by atoms with van der Waals surface area (Å²) in [5.74, 6) is 0.585. The zero-order valence-electron chi connectivity index (χ0n) is 19.4. The van der Waals surface area contributed by atoms with Gasteiger partial charge in [-0.15, -0.1) is 0 Å². The fourth-order valence-corrected chi connectivity index (χ4v) is 4.81. The van der Waals surface area contributed by atoms with Crippen LogP contribution in [0.15, 0.2) is 35.0 Å². The second-order valence-corrected chi connectivity index (χ2v) is 9.44. The Hall–Kier alpha value is -3.23. The molecule has 1 N–H and O–H groups in total. The second kappa shape index (κ2) is 9.33. The number of rotatable bonds is 7. The van der Waals surface area contributed by atoms with E-state index in [-0.39, 0.29) is 30.3 Å². The van der Waals surface area contributed by atoms with Gasteiger partial charge >= 0.3 is 6.03 Å². The summed E-state index contributed by atoms with van der Waals surface area (Å²) in [6, 6.07) is 6.72. The number of carbonyl (C=O) groups is 3. The molecule has 2 aromatic heterocycles. The highest BCUT2D eigenvalue weighted by Gasteiger charge is 2.55. The lowest BCUT2D eigenvalue weighted by atomic mass is 9.73. The maximum absolute atomic E-state index is 13.7. The van der Waals surface area contributed by atoms with E-state index in [9.17, 15) is 14.4 Å². The molecule has 0 aromatic carbocycles. The molecule has 0 bridgehead atoms. The van der Waals surface area contributed by atoms with Gasteiger partial charge in [0, 0.05) is 25.4 Å². The fraction of sp³-hybridized carbons (Fsp3) is 0.542. The molecule has 2 fully saturated rings. The van der Waals surface area contributed by atoms with Gasteiger partial charge in [0.1, 0.15) is 11.3 Å². The van der Waals surface area contributed by atoms with Crippen LogP contribution in [-0.2, 0) is 11.3 Å². The smallest absolute Gasteiger partial charge is 0.325 e. The molecule has 0 saturated carbocycles. The second-order valence-electron chi connectivity index (χ2n) is 9.44. The van der Waals surface area contributed by atoms with E-state index in [4.69, 9.17) is 4.52 Å². The number of aromatic nitrogens is 2. The van der Waals surface area contributed by atoms with Crippen LogP contribution in [0.4, 0.5) is 4.79 Å². The number of carbonyl (C=O) groups excluding carboxylic acids is 3. The molecule has 0 radical (unpaired) electrons. The molecule has 176 valence electrons. The van der Waals surface area contributed by atoms with Gasteiger partial charge in [0.2, 0.25) is 0 Å². The third-order valence-electron chi connectivity index (χ3n) is 6.69. The van der Waals surface area contributed by atoms with Gasteiger partial charge in [-0.3, -0.25) is 19.5 Å². The van der Waals surface area contributed by atoms with Crippen molar-refractivity contribution in [3.63, 3.8) is 0 Å². The normalized spacial score (nSPS) is 21.7. The van der Waals surface area contributed by atoms with Crippen LogP contribution in [0.3, 0.4) is 0 Å². The molecule has 9 nitrogen and oxygen atoms in total. The van der Waals surface area contributed by atoms with Crippen LogP contribution in [0.1, 0.15) is 61.5 Å². The number of hydrogen-bond donors (Lipinski definition) is 1. The highest BCUT2D eigenvalue weighted by atomic mass is 16.5. The average molecular weight is 454 g/mol. The molecule has 2 aliphatic rings. The first-order valence-electron chi connectivity index (χ1n) is 11.6. The lowest BCUT2D eigenvalue weighted by Crippen LogP contribution is -2.56. The van der Waals surface area contributed by atoms with Crippen molar-refractivity contribution in [2.45, 2.75) is 58.5 Å². The fourth-order valence-electron chi connectivity index (χ4n) is 4.81. The molecule has 1 atom stereocenters. The Kier molecular flexibility index (Phi) is 6.49. The summed E-state index contributed by atoms with van der Waals surface area (Å²) >= 11 is 0.